The number of rotatable bonds is 3. The molecule has 1 aromatic rings. The lowest BCUT2D eigenvalue weighted by atomic mass is 9.63. The van der Waals surface area contributed by atoms with Crippen molar-refractivity contribution in [2.24, 2.45) is 0 Å². The van der Waals surface area contributed by atoms with Crippen LogP contribution in [0.2, 0.25) is 0 Å². The molecule has 3 rings (SSSR count). The number of benzene rings is 1. The molecule has 0 spiro atoms. The molecular weight excluding hydrogens is 255 g/mol. The number of amides is 1. The molecule has 1 heterocycles. The molecule has 2 fully saturated rings. The summed E-state index contributed by atoms with van der Waals surface area (Å²) < 4.78 is 14.1. The summed E-state index contributed by atoms with van der Waals surface area (Å²) in [5.74, 6) is -0.242. The fourth-order valence-corrected chi connectivity index (χ4v) is 3.29. The highest BCUT2D eigenvalue weighted by Gasteiger charge is 2.47. The van der Waals surface area contributed by atoms with Crippen LogP contribution in [0.15, 0.2) is 24.3 Å². The first-order valence-corrected chi connectivity index (χ1v) is 7.49. The van der Waals surface area contributed by atoms with E-state index in [1.165, 1.54) is 6.07 Å². The molecule has 1 amide bonds. The van der Waals surface area contributed by atoms with Crippen LogP contribution in [0, 0.1) is 5.82 Å². The van der Waals surface area contributed by atoms with E-state index in [-0.39, 0.29) is 17.8 Å². The Kier molecular flexibility index (Phi) is 3.74. The highest BCUT2D eigenvalue weighted by Crippen LogP contribution is 2.45. The lowest BCUT2D eigenvalue weighted by Gasteiger charge is -2.42. The second kappa shape index (κ2) is 5.52. The average Bonchev–Trinajstić information content (AvgIpc) is 2.41. The van der Waals surface area contributed by atoms with Gasteiger partial charge < -0.3 is 10.6 Å². The van der Waals surface area contributed by atoms with Crippen LogP contribution in [-0.4, -0.2) is 25.0 Å². The van der Waals surface area contributed by atoms with E-state index in [0.29, 0.717) is 5.56 Å². The number of carbonyl (C=O) groups excluding carboxylic acids is 1. The number of piperidine rings is 1. The van der Waals surface area contributed by atoms with E-state index in [9.17, 15) is 9.18 Å². The second-order valence-corrected chi connectivity index (χ2v) is 5.91. The minimum absolute atomic E-state index is 0.0146. The molecule has 108 valence electrons. The Balaban J connectivity index is 1.78. The zero-order valence-corrected chi connectivity index (χ0v) is 11.6. The van der Waals surface area contributed by atoms with E-state index in [4.69, 9.17) is 0 Å². The fraction of sp³-hybridized carbons (Fsp3) is 0.562. The van der Waals surface area contributed by atoms with Gasteiger partial charge in [0.1, 0.15) is 5.82 Å². The third-order valence-electron chi connectivity index (χ3n) is 4.71. The molecule has 1 saturated heterocycles. The van der Waals surface area contributed by atoms with Crippen molar-refractivity contribution >= 4 is 5.91 Å². The predicted octanol–water partition coefficient (Wildman–Crippen LogP) is 2.12. The standard InChI is InChI=1S/C16H21FN2O/c17-14-5-2-1-4-13(14)16(8-3-9-16)15(20)19-12-6-10-18-11-7-12/h1-2,4-5,12,18H,3,6-11H2,(H,19,20). The van der Waals surface area contributed by atoms with Crippen molar-refractivity contribution in [3.8, 4) is 0 Å². The first kappa shape index (κ1) is 13.6. The minimum Gasteiger partial charge on any atom is -0.352 e. The monoisotopic (exact) mass is 276 g/mol. The third-order valence-corrected chi connectivity index (χ3v) is 4.71. The SMILES string of the molecule is O=C(NC1CCNCC1)C1(c2ccccc2F)CCC1. The van der Waals surface area contributed by atoms with Crippen LogP contribution in [0.1, 0.15) is 37.7 Å². The fourth-order valence-electron chi connectivity index (χ4n) is 3.29. The maximum Gasteiger partial charge on any atom is 0.230 e. The number of hydrogen-bond acceptors (Lipinski definition) is 2. The highest BCUT2D eigenvalue weighted by molar-refractivity contribution is 5.89. The first-order valence-electron chi connectivity index (χ1n) is 7.49. The van der Waals surface area contributed by atoms with Crippen LogP contribution in [0.5, 0.6) is 0 Å². The Morgan fingerprint density at radius 3 is 2.55 bits per heavy atom. The topological polar surface area (TPSA) is 41.1 Å². The van der Waals surface area contributed by atoms with E-state index < -0.39 is 5.41 Å². The van der Waals surface area contributed by atoms with Crippen molar-refractivity contribution in [2.45, 2.75) is 43.6 Å². The normalized spacial score (nSPS) is 22.1. The van der Waals surface area contributed by atoms with Crippen molar-refractivity contribution in [3.63, 3.8) is 0 Å². The van der Waals surface area contributed by atoms with Gasteiger partial charge in [0.05, 0.1) is 5.41 Å². The van der Waals surface area contributed by atoms with Gasteiger partial charge >= 0.3 is 0 Å². The van der Waals surface area contributed by atoms with E-state index in [0.717, 1.165) is 45.2 Å². The Hall–Kier alpha value is -1.42. The van der Waals surface area contributed by atoms with E-state index in [1.54, 1.807) is 12.1 Å². The molecule has 3 nitrogen and oxygen atoms in total. The smallest absolute Gasteiger partial charge is 0.230 e. The molecule has 4 heteroatoms. The summed E-state index contributed by atoms with van der Waals surface area (Å²) >= 11 is 0. The average molecular weight is 276 g/mol. The van der Waals surface area contributed by atoms with Crippen LogP contribution in [0.3, 0.4) is 0 Å². The Morgan fingerprint density at radius 1 is 1.25 bits per heavy atom. The van der Waals surface area contributed by atoms with Crippen LogP contribution >= 0.6 is 0 Å². The number of carbonyl (C=O) groups is 1. The van der Waals surface area contributed by atoms with Crippen LogP contribution < -0.4 is 10.6 Å². The van der Waals surface area contributed by atoms with Crippen LogP contribution in [0.4, 0.5) is 4.39 Å². The molecule has 1 aliphatic carbocycles. The summed E-state index contributed by atoms with van der Waals surface area (Å²) in [5, 5.41) is 6.43. The van der Waals surface area contributed by atoms with Gasteiger partial charge in [-0.25, -0.2) is 4.39 Å². The summed E-state index contributed by atoms with van der Waals surface area (Å²) in [6, 6.07) is 6.93. The molecule has 1 aromatic carbocycles. The maximum absolute atomic E-state index is 14.1. The third kappa shape index (κ3) is 2.33. The summed E-state index contributed by atoms with van der Waals surface area (Å²) in [5.41, 5.74) is -0.0615. The predicted molar refractivity (Wildman–Crippen MR) is 76.0 cm³/mol. The van der Waals surface area contributed by atoms with E-state index in [2.05, 4.69) is 10.6 Å². The summed E-state index contributed by atoms with van der Waals surface area (Å²) in [6.07, 6.45) is 4.42. The van der Waals surface area contributed by atoms with Gasteiger partial charge in [-0.05, 0) is 44.8 Å². The van der Waals surface area contributed by atoms with Gasteiger partial charge in [-0.2, -0.15) is 0 Å². The van der Waals surface area contributed by atoms with Crippen molar-refractivity contribution in [1.29, 1.82) is 0 Å². The van der Waals surface area contributed by atoms with Gasteiger partial charge in [-0.3, -0.25) is 4.79 Å². The lowest BCUT2D eigenvalue weighted by molar-refractivity contribution is -0.131. The van der Waals surface area contributed by atoms with E-state index >= 15 is 0 Å². The van der Waals surface area contributed by atoms with E-state index in [1.807, 2.05) is 6.07 Å². The van der Waals surface area contributed by atoms with Gasteiger partial charge in [0.2, 0.25) is 5.91 Å². The largest absolute Gasteiger partial charge is 0.352 e. The summed E-state index contributed by atoms with van der Waals surface area (Å²) in [4.78, 5) is 12.7. The summed E-state index contributed by atoms with van der Waals surface area (Å²) in [7, 11) is 0. The zero-order chi connectivity index (χ0) is 14.0. The molecule has 2 aliphatic rings. The molecule has 0 unspecified atom stereocenters. The molecular formula is C16H21FN2O. The minimum atomic E-state index is -0.629. The molecule has 1 saturated carbocycles. The Morgan fingerprint density at radius 2 is 1.95 bits per heavy atom. The Bertz CT molecular complexity index is 493. The van der Waals surface area contributed by atoms with Crippen molar-refractivity contribution in [1.82, 2.24) is 10.6 Å². The maximum atomic E-state index is 14.1. The van der Waals surface area contributed by atoms with Gasteiger partial charge in [0, 0.05) is 11.6 Å². The quantitative estimate of drug-likeness (QED) is 0.888. The number of hydrogen-bond donors (Lipinski definition) is 2. The van der Waals surface area contributed by atoms with Gasteiger partial charge in [-0.15, -0.1) is 0 Å². The Labute approximate surface area is 118 Å². The van der Waals surface area contributed by atoms with Crippen molar-refractivity contribution in [2.75, 3.05) is 13.1 Å². The van der Waals surface area contributed by atoms with Crippen molar-refractivity contribution < 1.29 is 9.18 Å². The molecule has 0 bridgehead atoms. The molecule has 0 radical (unpaired) electrons. The van der Waals surface area contributed by atoms with Gasteiger partial charge in [-0.1, -0.05) is 24.6 Å². The van der Waals surface area contributed by atoms with Crippen molar-refractivity contribution in [3.05, 3.63) is 35.6 Å². The lowest BCUT2D eigenvalue weighted by Crippen LogP contribution is -2.54. The summed E-state index contributed by atoms with van der Waals surface area (Å²) in [6.45, 7) is 1.88. The zero-order valence-electron chi connectivity index (χ0n) is 11.6. The molecule has 2 N–H and O–H groups in total. The first-order chi connectivity index (χ1) is 9.72. The molecule has 1 aliphatic heterocycles. The van der Waals surface area contributed by atoms with Crippen LogP contribution in [0.25, 0.3) is 0 Å². The molecule has 0 atom stereocenters. The molecule has 0 aromatic heterocycles. The van der Waals surface area contributed by atoms with Gasteiger partial charge in [0.15, 0.2) is 0 Å². The van der Waals surface area contributed by atoms with Gasteiger partial charge in [0.25, 0.3) is 0 Å². The number of nitrogens with one attached hydrogen (secondary N) is 2. The second-order valence-electron chi connectivity index (χ2n) is 5.91. The molecule has 20 heavy (non-hydrogen) atoms. The van der Waals surface area contributed by atoms with Crippen LogP contribution in [-0.2, 0) is 10.2 Å². The number of halogens is 1. The highest BCUT2D eigenvalue weighted by atomic mass is 19.1.